The number of benzene rings is 1. The van der Waals surface area contributed by atoms with Gasteiger partial charge in [-0.05, 0) is 19.1 Å². The van der Waals surface area contributed by atoms with E-state index in [2.05, 4.69) is 11.9 Å². The summed E-state index contributed by atoms with van der Waals surface area (Å²) < 4.78 is 10.4. The van der Waals surface area contributed by atoms with Gasteiger partial charge in [0, 0.05) is 17.8 Å². The molecule has 1 unspecified atom stereocenters. The first-order valence-electron chi connectivity index (χ1n) is 4.82. The lowest BCUT2D eigenvalue weighted by atomic mass is 10.2. The Hall–Kier alpha value is -1.64. The molecule has 1 atom stereocenters. The molecule has 0 saturated heterocycles. The quantitative estimate of drug-likeness (QED) is 0.753. The summed E-state index contributed by atoms with van der Waals surface area (Å²) in [5, 5.41) is 3.26. The first-order chi connectivity index (χ1) is 7.21. The Bertz CT molecular complexity index is 336. The van der Waals surface area contributed by atoms with Gasteiger partial charge in [0.05, 0.1) is 14.2 Å². The molecule has 0 radical (unpaired) electrons. The van der Waals surface area contributed by atoms with Gasteiger partial charge >= 0.3 is 0 Å². The Balaban J connectivity index is 2.87. The monoisotopic (exact) mass is 207 g/mol. The third-order valence-electron chi connectivity index (χ3n) is 2.13. The molecule has 0 heterocycles. The Morgan fingerprint density at radius 2 is 1.93 bits per heavy atom. The molecule has 0 spiro atoms. The number of hydrogen-bond acceptors (Lipinski definition) is 3. The van der Waals surface area contributed by atoms with Crippen molar-refractivity contribution >= 4 is 5.69 Å². The fourth-order valence-electron chi connectivity index (χ4n) is 1.25. The highest BCUT2D eigenvalue weighted by molar-refractivity contribution is 5.55. The summed E-state index contributed by atoms with van der Waals surface area (Å²) in [5.41, 5.74) is 0.986. The van der Waals surface area contributed by atoms with Crippen LogP contribution in [0, 0.1) is 0 Å². The van der Waals surface area contributed by atoms with Gasteiger partial charge < -0.3 is 14.8 Å². The second-order valence-corrected chi connectivity index (χ2v) is 3.24. The van der Waals surface area contributed by atoms with Crippen LogP contribution < -0.4 is 14.8 Å². The number of anilines is 1. The molecule has 1 rings (SSSR count). The molecule has 1 N–H and O–H groups in total. The van der Waals surface area contributed by atoms with Crippen LogP contribution in [0.4, 0.5) is 5.69 Å². The zero-order valence-electron chi connectivity index (χ0n) is 9.41. The largest absolute Gasteiger partial charge is 0.493 e. The minimum atomic E-state index is 0.225. The van der Waals surface area contributed by atoms with Crippen molar-refractivity contribution in [3.63, 3.8) is 0 Å². The van der Waals surface area contributed by atoms with Gasteiger partial charge in [0.25, 0.3) is 0 Å². The van der Waals surface area contributed by atoms with E-state index in [0.717, 1.165) is 17.2 Å². The van der Waals surface area contributed by atoms with Gasteiger partial charge in [-0.3, -0.25) is 0 Å². The topological polar surface area (TPSA) is 30.5 Å². The van der Waals surface area contributed by atoms with Crippen molar-refractivity contribution < 1.29 is 9.47 Å². The smallest absolute Gasteiger partial charge is 0.162 e. The van der Waals surface area contributed by atoms with E-state index in [1.54, 1.807) is 14.2 Å². The van der Waals surface area contributed by atoms with Gasteiger partial charge in [-0.2, -0.15) is 0 Å². The van der Waals surface area contributed by atoms with Crippen molar-refractivity contribution in [3.05, 3.63) is 30.9 Å². The van der Waals surface area contributed by atoms with E-state index in [1.807, 2.05) is 31.2 Å². The summed E-state index contributed by atoms with van der Waals surface area (Å²) in [4.78, 5) is 0. The maximum absolute atomic E-state index is 5.20. The Morgan fingerprint density at radius 3 is 2.47 bits per heavy atom. The maximum Gasteiger partial charge on any atom is 0.162 e. The summed E-state index contributed by atoms with van der Waals surface area (Å²) in [6.07, 6.45) is 1.84. The minimum absolute atomic E-state index is 0.225. The fourth-order valence-corrected chi connectivity index (χ4v) is 1.25. The van der Waals surface area contributed by atoms with Crippen molar-refractivity contribution in [2.24, 2.45) is 0 Å². The molecule has 0 amide bonds. The second-order valence-electron chi connectivity index (χ2n) is 3.24. The Labute approximate surface area is 90.7 Å². The summed E-state index contributed by atoms with van der Waals surface area (Å²) >= 11 is 0. The van der Waals surface area contributed by atoms with Crippen LogP contribution in [0.5, 0.6) is 11.5 Å². The molecule has 82 valence electrons. The second kappa shape index (κ2) is 5.29. The van der Waals surface area contributed by atoms with Crippen LogP contribution in [-0.2, 0) is 0 Å². The molecule has 0 fully saturated rings. The summed E-state index contributed by atoms with van der Waals surface area (Å²) in [6, 6.07) is 5.94. The van der Waals surface area contributed by atoms with Crippen LogP contribution in [0.1, 0.15) is 6.92 Å². The van der Waals surface area contributed by atoms with Gasteiger partial charge in [0.15, 0.2) is 11.5 Å². The molecular weight excluding hydrogens is 190 g/mol. The number of ether oxygens (including phenoxy) is 2. The third kappa shape index (κ3) is 2.91. The first-order valence-corrected chi connectivity index (χ1v) is 4.82. The highest BCUT2D eigenvalue weighted by atomic mass is 16.5. The SMILES string of the molecule is C=CC(C)Nc1ccc(OC)c(OC)c1. The summed E-state index contributed by atoms with van der Waals surface area (Å²) in [5.74, 6) is 1.45. The van der Waals surface area contributed by atoms with Crippen LogP contribution in [0.15, 0.2) is 30.9 Å². The van der Waals surface area contributed by atoms with Crippen molar-refractivity contribution in [3.8, 4) is 11.5 Å². The Kier molecular flexibility index (Phi) is 4.03. The lowest BCUT2D eigenvalue weighted by molar-refractivity contribution is 0.355. The molecule has 0 aliphatic rings. The van der Waals surface area contributed by atoms with E-state index in [-0.39, 0.29) is 6.04 Å². The molecule has 3 nitrogen and oxygen atoms in total. The molecule has 15 heavy (non-hydrogen) atoms. The molecular formula is C12H17NO2. The standard InChI is InChI=1S/C12H17NO2/c1-5-9(2)13-10-6-7-11(14-3)12(8-10)15-4/h5-9,13H,1H2,2-4H3. The highest BCUT2D eigenvalue weighted by Gasteiger charge is 2.04. The van der Waals surface area contributed by atoms with E-state index in [9.17, 15) is 0 Å². The van der Waals surface area contributed by atoms with Gasteiger partial charge in [-0.15, -0.1) is 6.58 Å². The number of hydrogen-bond donors (Lipinski definition) is 1. The van der Waals surface area contributed by atoms with E-state index in [4.69, 9.17) is 9.47 Å². The van der Waals surface area contributed by atoms with Crippen LogP contribution in [0.2, 0.25) is 0 Å². The van der Waals surface area contributed by atoms with Gasteiger partial charge in [-0.1, -0.05) is 6.08 Å². The molecule has 0 bridgehead atoms. The first kappa shape index (κ1) is 11.4. The predicted molar refractivity (Wildman–Crippen MR) is 62.8 cm³/mol. The number of methoxy groups -OCH3 is 2. The van der Waals surface area contributed by atoms with Crippen LogP contribution in [0.25, 0.3) is 0 Å². The molecule has 0 aliphatic carbocycles. The van der Waals surface area contributed by atoms with Gasteiger partial charge in [0.1, 0.15) is 0 Å². The number of nitrogens with one attached hydrogen (secondary N) is 1. The maximum atomic E-state index is 5.20. The van der Waals surface area contributed by atoms with Crippen LogP contribution in [-0.4, -0.2) is 20.3 Å². The zero-order valence-corrected chi connectivity index (χ0v) is 9.41. The average molecular weight is 207 g/mol. The van der Waals surface area contributed by atoms with Gasteiger partial charge in [-0.25, -0.2) is 0 Å². The van der Waals surface area contributed by atoms with Gasteiger partial charge in [0.2, 0.25) is 0 Å². The lowest BCUT2D eigenvalue weighted by Gasteiger charge is -2.13. The van der Waals surface area contributed by atoms with Crippen molar-refractivity contribution in [2.45, 2.75) is 13.0 Å². The molecule has 0 aliphatic heterocycles. The zero-order chi connectivity index (χ0) is 11.3. The fraction of sp³-hybridized carbons (Fsp3) is 0.333. The molecule has 0 saturated carbocycles. The third-order valence-corrected chi connectivity index (χ3v) is 2.13. The summed E-state index contributed by atoms with van der Waals surface area (Å²) in [6.45, 7) is 5.75. The Morgan fingerprint density at radius 1 is 1.27 bits per heavy atom. The highest BCUT2D eigenvalue weighted by Crippen LogP contribution is 2.29. The molecule has 1 aromatic rings. The normalized spacial score (nSPS) is 11.7. The lowest BCUT2D eigenvalue weighted by Crippen LogP contribution is -2.11. The van der Waals surface area contributed by atoms with Crippen molar-refractivity contribution in [1.29, 1.82) is 0 Å². The molecule has 3 heteroatoms. The predicted octanol–water partition coefficient (Wildman–Crippen LogP) is 2.69. The van der Waals surface area contributed by atoms with Crippen LogP contribution in [0.3, 0.4) is 0 Å². The minimum Gasteiger partial charge on any atom is -0.493 e. The molecule has 1 aromatic carbocycles. The van der Waals surface area contributed by atoms with E-state index in [0.29, 0.717) is 0 Å². The number of rotatable bonds is 5. The molecule has 0 aromatic heterocycles. The van der Waals surface area contributed by atoms with E-state index < -0.39 is 0 Å². The van der Waals surface area contributed by atoms with Crippen LogP contribution >= 0.6 is 0 Å². The van der Waals surface area contributed by atoms with Crippen molar-refractivity contribution in [1.82, 2.24) is 0 Å². The van der Waals surface area contributed by atoms with Crippen molar-refractivity contribution in [2.75, 3.05) is 19.5 Å². The summed E-state index contributed by atoms with van der Waals surface area (Å²) in [7, 11) is 3.25. The van der Waals surface area contributed by atoms with E-state index in [1.165, 1.54) is 0 Å². The average Bonchev–Trinajstić information content (AvgIpc) is 2.28. The van der Waals surface area contributed by atoms with E-state index >= 15 is 0 Å².